The summed E-state index contributed by atoms with van der Waals surface area (Å²) in [5, 5.41) is -0.507. The zero-order valence-corrected chi connectivity index (χ0v) is 11.1. The lowest BCUT2D eigenvalue weighted by Gasteiger charge is -2.09. The Kier molecular flexibility index (Phi) is 4.38. The summed E-state index contributed by atoms with van der Waals surface area (Å²) in [6, 6.07) is 6.05. The molecule has 0 saturated carbocycles. The molecule has 1 unspecified atom stereocenters. The molecule has 3 heteroatoms. The Labute approximate surface area is 103 Å². The maximum absolute atomic E-state index is 11.1. The predicted octanol–water partition coefficient (Wildman–Crippen LogP) is 3.72. The van der Waals surface area contributed by atoms with E-state index in [9.17, 15) is 4.79 Å². The average molecular weight is 323 g/mol. The summed E-state index contributed by atoms with van der Waals surface area (Å²) in [5.74, 6) is -0.00571. The SMILES string of the molecule is CCc1ccc(C(Cl)C(C)=O)c(I)c1. The molecule has 0 aliphatic heterocycles. The molecule has 14 heavy (non-hydrogen) atoms. The van der Waals surface area contributed by atoms with Gasteiger partial charge in [-0.25, -0.2) is 0 Å². The predicted molar refractivity (Wildman–Crippen MR) is 67.8 cm³/mol. The molecule has 0 heterocycles. The molecular formula is C11H12ClIO. The van der Waals surface area contributed by atoms with E-state index in [1.165, 1.54) is 12.5 Å². The molecule has 0 bridgehead atoms. The lowest BCUT2D eigenvalue weighted by atomic mass is 10.1. The lowest BCUT2D eigenvalue weighted by molar-refractivity contribution is -0.116. The average Bonchev–Trinajstić information content (AvgIpc) is 2.16. The summed E-state index contributed by atoms with van der Waals surface area (Å²) in [4.78, 5) is 11.1. The van der Waals surface area contributed by atoms with E-state index < -0.39 is 5.38 Å². The van der Waals surface area contributed by atoms with Crippen LogP contribution in [0.3, 0.4) is 0 Å². The van der Waals surface area contributed by atoms with Crippen molar-refractivity contribution in [3.05, 3.63) is 32.9 Å². The smallest absolute Gasteiger partial charge is 0.152 e. The molecule has 0 saturated heterocycles. The monoisotopic (exact) mass is 322 g/mol. The van der Waals surface area contributed by atoms with Gasteiger partial charge in [-0.15, -0.1) is 11.6 Å². The second-order valence-electron chi connectivity index (χ2n) is 3.18. The van der Waals surface area contributed by atoms with Crippen molar-refractivity contribution < 1.29 is 4.79 Å². The first-order valence-corrected chi connectivity index (χ1v) is 6.00. The molecule has 0 aliphatic carbocycles. The summed E-state index contributed by atoms with van der Waals surface area (Å²) < 4.78 is 1.07. The second-order valence-corrected chi connectivity index (χ2v) is 4.78. The molecule has 1 aromatic rings. The molecule has 1 atom stereocenters. The number of carbonyl (C=O) groups is 1. The van der Waals surface area contributed by atoms with Gasteiger partial charge in [-0.2, -0.15) is 0 Å². The largest absolute Gasteiger partial charge is 0.298 e. The minimum atomic E-state index is -0.507. The summed E-state index contributed by atoms with van der Waals surface area (Å²) >= 11 is 8.21. The van der Waals surface area contributed by atoms with E-state index in [0.29, 0.717) is 0 Å². The first-order valence-electron chi connectivity index (χ1n) is 4.49. The van der Waals surface area contributed by atoms with Gasteiger partial charge in [0.1, 0.15) is 5.38 Å². The maximum atomic E-state index is 11.1. The number of aryl methyl sites for hydroxylation is 1. The van der Waals surface area contributed by atoms with Crippen molar-refractivity contribution in [1.29, 1.82) is 0 Å². The molecule has 1 rings (SSSR count). The van der Waals surface area contributed by atoms with Crippen LogP contribution in [-0.4, -0.2) is 5.78 Å². The van der Waals surface area contributed by atoms with Gasteiger partial charge in [0.2, 0.25) is 0 Å². The molecule has 0 amide bonds. The normalized spacial score (nSPS) is 12.6. The van der Waals surface area contributed by atoms with Crippen molar-refractivity contribution >= 4 is 40.0 Å². The Morgan fingerprint density at radius 1 is 1.57 bits per heavy atom. The Balaban J connectivity index is 3.05. The standard InChI is InChI=1S/C11H12ClIO/c1-3-8-4-5-9(10(13)6-8)11(12)7(2)14/h4-6,11H,3H2,1-2H3. The molecule has 0 aliphatic rings. The summed E-state index contributed by atoms with van der Waals surface area (Å²) in [7, 11) is 0. The van der Waals surface area contributed by atoms with Crippen LogP contribution in [0.25, 0.3) is 0 Å². The maximum Gasteiger partial charge on any atom is 0.152 e. The first kappa shape index (κ1) is 12.0. The van der Waals surface area contributed by atoms with E-state index >= 15 is 0 Å². The molecule has 0 radical (unpaired) electrons. The van der Waals surface area contributed by atoms with Gasteiger partial charge < -0.3 is 0 Å². The van der Waals surface area contributed by atoms with Crippen molar-refractivity contribution in [3.8, 4) is 0 Å². The van der Waals surface area contributed by atoms with Gasteiger partial charge in [0.05, 0.1) is 0 Å². The van der Waals surface area contributed by atoms with Gasteiger partial charge in [0.25, 0.3) is 0 Å². The second kappa shape index (κ2) is 5.12. The van der Waals surface area contributed by atoms with Crippen molar-refractivity contribution in [2.75, 3.05) is 0 Å². The van der Waals surface area contributed by atoms with Crippen LogP contribution >= 0.6 is 34.2 Å². The highest BCUT2D eigenvalue weighted by Gasteiger charge is 2.15. The Morgan fingerprint density at radius 3 is 2.64 bits per heavy atom. The van der Waals surface area contributed by atoms with Crippen molar-refractivity contribution in [2.24, 2.45) is 0 Å². The number of alkyl halides is 1. The van der Waals surface area contributed by atoms with Gasteiger partial charge in [0, 0.05) is 3.57 Å². The summed E-state index contributed by atoms with van der Waals surface area (Å²) in [5.41, 5.74) is 2.18. The van der Waals surface area contributed by atoms with Gasteiger partial charge in [-0.1, -0.05) is 19.1 Å². The third kappa shape index (κ3) is 2.70. The molecule has 1 aromatic carbocycles. The van der Waals surface area contributed by atoms with Crippen LogP contribution in [-0.2, 0) is 11.2 Å². The molecular weight excluding hydrogens is 310 g/mol. The molecule has 1 nitrogen and oxygen atoms in total. The van der Waals surface area contributed by atoms with E-state index in [1.807, 2.05) is 12.1 Å². The van der Waals surface area contributed by atoms with Gasteiger partial charge in [-0.05, 0) is 53.1 Å². The first-order chi connectivity index (χ1) is 6.56. The Hall–Kier alpha value is -0.0900. The van der Waals surface area contributed by atoms with E-state index in [-0.39, 0.29) is 5.78 Å². The fourth-order valence-corrected chi connectivity index (χ4v) is 2.48. The molecule has 0 aromatic heterocycles. The number of ketones is 1. The zero-order valence-electron chi connectivity index (χ0n) is 8.18. The van der Waals surface area contributed by atoms with Crippen molar-refractivity contribution in [3.63, 3.8) is 0 Å². The minimum absolute atomic E-state index is 0.00571. The van der Waals surface area contributed by atoms with Crippen LogP contribution in [0.15, 0.2) is 18.2 Å². The number of benzene rings is 1. The number of carbonyl (C=O) groups excluding carboxylic acids is 1. The van der Waals surface area contributed by atoms with Gasteiger partial charge >= 0.3 is 0 Å². The van der Waals surface area contributed by atoms with Crippen LogP contribution in [0.5, 0.6) is 0 Å². The quantitative estimate of drug-likeness (QED) is 0.612. The highest BCUT2D eigenvalue weighted by Crippen LogP contribution is 2.27. The van der Waals surface area contributed by atoms with Gasteiger partial charge in [-0.3, -0.25) is 4.79 Å². The van der Waals surface area contributed by atoms with Crippen LogP contribution in [0.1, 0.15) is 30.4 Å². The zero-order chi connectivity index (χ0) is 10.7. The van der Waals surface area contributed by atoms with Crippen molar-refractivity contribution in [2.45, 2.75) is 25.6 Å². The summed E-state index contributed by atoms with van der Waals surface area (Å²) in [6.45, 7) is 3.62. The van der Waals surface area contributed by atoms with Crippen molar-refractivity contribution in [1.82, 2.24) is 0 Å². The molecule has 0 spiro atoms. The fraction of sp³-hybridized carbons (Fsp3) is 0.364. The van der Waals surface area contributed by atoms with Crippen LogP contribution in [0.4, 0.5) is 0 Å². The lowest BCUT2D eigenvalue weighted by Crippen LogP contribution is -2.03. The van der Waals surface area contributed by atoms with Crippen LogP contribution in [0.2, 0.25) is 0 Å². The van der Waals surface area contributed by atoms with E-state index in [4.69, 9.17) is 11.6 Å². The van der Waals surface area contributed by atoms with Gasteiger partial charge in [0.15, 0.2) is 5.78 Å². The molecule has 76 valence electrons. The van der Waals surface area contributed by atoms with E-state index in [0.717, 1.165) is 15.6 Å². The number of hydrogen-bond acceptors (Lipinski definition) is 1. The number of halogens is 2. The Bertz CT molecular complexity index is 349. The van der Waals surface area contributed by atoms with Crippen LogP contribution in [0, 0.1) is 3.57 Å². The number of Topliss-reactive ketones (excluding diaryl/α,β-unsaturated/α-hetero) is 1. The fourth-order valence-electron chi connectivity index (χ4n) is 1.22. The molecule has 0 fully saturated rings. The minimum Gasteiger partial charge on any atom is -0.298 e. The van der Waals surface area contributed by atoms with Crippen LogP contribution < -0.4 is 0 Å². The number of rotatable bonds is 3. The van der Waals surface area contributed by atoms with E-state index in [2.05, 4.69) is 35.6 Å². The van der Waals surface area contributed by atoms with E-state index in [1.54, 1.807) is 0 Å². The molecule has 0 N–H and O–H groups in total. The number of hydrogen-bond donors (Lipinski definition) is 0. The highest BCUT2D eigenvalue weighted by molar-refractivity contribution is 14.1. The third-order valence-electron chi connectivity index (χ3n) is 2.10. The summed E-state index contributed by atoms with van der Waals surface area (Å²) in [6.07, 6.45) is 1.00. The Morgan fingerprint density at radius 2 is 2.21 bits per heavy atom. The topological polar surface area (TPSA) is 17.1 Å². The third-order valence-corrected chi connectivity index (χ3v) is 3.58. The highest BCUT2D eigenvalue weighted by atomic mass is 127.